The Morgan fingerprint density at radius 3 is 1.64 bits per heavy atom. The molecule has 9 nitrogen and oxygen atoms in total. The minimum atomic E-state index is -0.353. The first-order valence-electron chi connectivity index (χ1n) is 11.7. The van der Waals surface area contributed by atoms with Gasteiger partial charge in [0, 0.05) is 25.8 Å². The lowest BCUT2D eigenvalue weighted by Crippen LogP contribution is -2.48. The lowest BCUT2D eigenvalue weighted by molar-refractivity contribution is -0.123. The van der Waals surface area contributed by atoms with Crippen LogP contribution in [0.15, 0.2) is 30.3 Å². The molecule has 192 valence electrons. The van der Waals surface area contributed by atoms with Crippen LogP contribution in [0.5, 0.6) is 0 Å². The Labute approximate surface area is 199 Å². The number of likely N-dealkylation sites (N-methyl/N-ethyl adjacent to an activating group) is 1. The molecule has 0 spiro atoms. The number of rotatable bonds is 19. The van der Waals surface area contributed by atoms with Crippen LogP contribution < -0.4 is 4.90 Å². The van der Waals surface area contributed by atoms with Crippen molar-refractivity contribution in [3.05, 3.63) is 30.3 Å². The largest absolute Gasteiger partial charge is 0.394 e. The number of aliphatic hydroxyl groups is 2. The van der Waals surface area contributed by atoms with Crippen LogP contribution in [-0.2, 0) is 23.7 Å². The molecule has 1 amide bonds. The second-order valence-corrected chi connectivity index (χ2v) is 6.84. The maximum Gasteiger partial charge on any atom is 0.243 e. The molecule has 33 heavy (non-hydrogen) atoms. The summed E-state index contributed by atoms with van der Waals surface area (Å²) < 4.78 is 21.6. The molecular weight excluding hydrogens is 428 g/mol. The average Bonchev–Trinajstić information content (AvgIpc) is 2.86. The summed E-state index contributed by atoms with van der Waals surface area (Å²) in [4.78, 5) is 16.7. The number of aliphatic hydroxyl groups excluding tert-OH is 2. The van der Waals surface area contributed by atoms with Crippen LogP contribution in [0.4, 0.5) is 5.69 Å². The Morgan fingerprint density at radius 2 is 1.21 bits per heavy atom. The molecule has 0 aliphatic carbocycles. The molecule has 0 aliphatic rings. The van der Waals surface area contributed by atoms with Crippen LogP contribution in [0.25, 0.3) is 0 Å². The summed E-state index contributed by atoms with van der Waals surface area (Å²) in [6, 6.07) is 9.18. The van der Waals surface area contributed by atoms with E-state index in [4.69, 9.17) is 29.2 Å². The van der Waals surface area contributed by atoms with Crippen molar-refractivity contribution in [1.82, 2.24) is 4.90 Å². The molecule has 0 aliphatic heterocycles. The summed E-state index contributed by atoms with van der Waals surface area (Å²) in [5.74, 6) is -0.0104. The Balaban J connectivity index is 0.00000497. The molecule has 0 radical (unpaired) electrons. The summed E-state index contributed by atoms with van der Waals surface area (Å²) in [5.41, 5.74) is 0.842. The smallest absolute Gasteiger partial charge is 0.243 e. The van der Waals surface area contributed by atoms with Gasteiger partial charge in [0.25, 0.3) is 0 Å². The first-order valence-corrected chi connectivity index (χ1v) is 11.7. The van der Waals surface area contributed by atoms with Crippen LogP contribution in [0.2, 0.25) is 0 Å². The fourth-order valence-electron chi connectivity index (χ4n) is 2.85. The molecular formula is C24H44N2O7. The van der Waals surface area contributed by atoms with Crippen molar-refractivity contribution in [3.8, 4) is 0 Å². The summed E-state index contributed by atoms with van der Waals surface area (Å²) in [6.45, 7) is 10.2. The first-order chi connectivity index (χ1) is 16.1. The molecule has 0 fully saturated rings. The van der Waals surface area contributed by atoms with Crippen molar-refractivity contribution in [3.63, 3.8) is 0 Å². The molecule has 0 saturated carbocycles. The number of carbonyl (C=O) groups excluding carboxylic acids is 1. The highest BCUT2D eigenvalue weighted by atomic mass is 16.5. The van der Waals surface area contributed by atoms with Crippen LogP contribution in [0.3, 0.4) is 0 Å². The average molecular weight is 473 g/mol. The SMILES string of the molecule is CC.CC(C(=O)N(C)c1ccccc1)N(CCOCCOCCO)CCOCCOCCO. The second-order valence-electron chi connectivity index (χ2n) is 6.84. The molecule has 0 saturated heterocycles. The maximum atomic E-state index is 13.0. The van der Waals surface area contributed by atoms with Crippen LogP contribution in [-0.4, -0.2) is 113 Å². The van der Waals surface area contributed by atoms with Crippen molar-refractivity contribution >= 4 is 11.6 Å². The predicted molar refractivity (Wildman–Crippen MR) is 130 cm³/mol. The predicted octanol–water partition coefficient (Wildman–Crippen LogP) is 1.42. The third-order valence-corrected chi connectivity index (χ3v) is 4.64. The highest BCUT2D eigenvalue weighted by Crippen LogP contribution is 2.14. The number of ether oxygens (including phenoxy) is 4. The normalized spacial score (nSPS) is 11.7. The van der Waals surface area contributed by atoms with Crippen molar-refractivity contribution in [1.29, 1.82) is 0 Å². The monoisotopic (exact) mass is 472 g/mol. The van der Waals surface area contributed by atoms with Crippen LogP contribution in [0, 0.1) is 0 Å². The Kier molecular flexibility index (Phi) is 21.1. The van der Waals surface area contributed by atoms with Gasteiger partial charge < -0.3 is 34.1 Å². The molecule has 2 N–H and O–H groups in total. The van der Waals surface area contributed by atoms with Gasteiger partial charge in [0.2, 0.25) is 5.91 Å². The summed E-state index contributed by atoms with van der Waals surface area (Å²) >= 11 is 0. The number of anilines is 1. The number of para-hydroxylation sites is 1. The molecule has 1 aromatic rings. The van der Waals surface area contributed by atoms with Crippen molar-refractivity contribution in [2.75, 3.05) is 91.1 Å². The van der Waals surface area contributed by atoms with Gasteiger partial charge in [-0.05, 0) is 19.1 Å². The number of amides is 1. The van der Waals surface area contributed by atoms with E-state index < -0.39 is 0 Å². The van der Waals surface area contributed by atoms with E-state index in [1.807, 2.05) is 56.0 Å². The Bertz CT molecular complexity index is 545. The van der Waals surface area contributed by atoms with E-state index >= 15 is 0 Å². The second kappa shape index (κ2) is 22.2. The van der Waals surface area contributed by atoms with Gasteiger partial charge in [-0.1, -0.05) is 32.0 Å². The number of hydrogen-bond acceptors (Lipinski definition) is 8. The van der Waals surface area contributed by atoms with Crippen LogP contribution >= 0.6 is 0 Å². The van der Waals surface area contributed by atoms with E-state index in [0.717, 1.165) is 5.69 Å². The zero-order valence-corrected chi connectivity index (χ0v) is 20.8. The molecule has 1 aromatic carbocycles. The fraction of sp³-hybridized carbons (Fsp3) is 0.708. The van der Waals surface area contributed by atoms with Gasteiger partial charge in [-0.25, -0.2) is 0 Å². The molecule has 1 rings (SSSR count). The van der Waals surface area contributed by atoms with E-state index in [1.165, 1.54) is 0 Å². The first kappa shape index (κ1) is 31.4. The third-order valence-electron chi connectivity index (χ3n) is 4.64. The molecule has 9 heteroatoms. The minimum absolute atomic E-state index is 0.00657. The van der Waals surface area contributed by atoms with Gasteiger partial charge in [-0.3, -0.25) is 9.69 Å². The van der Waals surface area contributed by atoms with E-state index in [2.05, 4.69) is 0 Å². The topological polar surface area (TPSA) is 101 Å². The van der Waals surface area contributed by atoms with Crippen molar-refractivity contribution in [2.24, 2.45) is 0 Å². The molecule has 1 atom stereocenters. The van der Waals surface area contributed by atoms with Gasteiger partial charge in [-0.2, -0.15) is 0 Å². The quantitative estimate of drug-likeness (QED) is 0.292. The lowest BCUT2D eigenvalue weighted by atomic mass is 10.2. The van der Waals surface area contributed by atoms with Crippen molar-refractivity contribution < 1.29 is 34.0 Å². The fourth-order valence-corrected chi connectivity index (χ4v) is 2.85. The van der Waals surface area contributed by atoms with Gasteiger partial charge in [0.1, 0.15) is 0 Å². The lowest BCUT2D eigenvalue weighted by Gasteiger charge is -2.31. The number of benzene rings is 1. The third kappa shape index (κ3) is 15.0. The molecule has 0 heterocycles. The van der Waals surface area contributed by atoms with E-state index in [0.29, 0.717) is 65.9 Å². The standard InChI is InChI=1S/C22H38N2O7.C2H6/c1-20(22(27)23(2)21-6-4-3-5-7-21)24(8-12-28-16-18-30-14-10-25)9-13-29-17-19-31-15-11-26;1-2/h3-7,20,25-26H,8-19H2,1-2H3;1-2H3. The Hall–Kier alpha value is -1.59. The zero-order valence-electron chi connectivity index (χ0n) is 20.8. The summed E-state index contributed by atoms with van der Waals surface area (Å²) in [5, 5.41) is 17.4. The summed E-state index contributed by atoms with van der Waals surface area (Å²) in [7, 11) is 1.77. The maximum absolute atomic E-state index is 13.0. The van der Waals surface area contributed by atoms with Gasteiger partial charge in [0.15, 0.2) is 0 Å². The number of carbonyl (C=O) groups is 1. The van der Waals surface area contributed by atoms with Gasteiger partial charge in [-0.15, -0.1) is 0 Å². The highest BCUT2D eigenvalue weighted by molar-refractivity contribution is 5.96. The van der Waals surface area contributed by atoms with E-state index in [-0.39, 0.29) is 25.2 Å². The van der Waals surface area contributed by atoms with Crippen molar-refractivity contribution in [2.45, 2.75) is 26.8 Å². The van der Waals surface area contributed by atoms with E-state index in [9.17, 15) is 4.79 Å². The molecule has 0 aromatic heterocycles. The highest BCUT2D eigenvalue weighted by Gasteiger charge is 2.24. The zero-order chi connectivity index (χ0) is 24.7. The van der Waals surface area contributed by atoms with E-state index in [1.54, 1.807) is 11.9 Å². The minimum Gasteiger partial charge on any atom is -0.394 e. The molecule has 0 bridgehead atoms. The van der Waals surface area contributed by atoms with Gasteiger partial charge >= 0.3 is 0 Å². The van der Waals surface area contributed by atoms with Gasteiger partial charge in [0.05, 0.1) is 72.1 Å². The Morgan fingerprint density at radius 1 is 0.788 bits per heavy atom. The number of hydrogen-bond donors (Lipinski definition) is 2. The summed E-state index contributed by atoms with van der Waals surface area (Å²) in [6.07, 6.45) is 0. The molecule has 1 unspecified atom stereocenters. The van der Waals surface area contributed by atoms with Crippen LogP contribution in [0.1, 0.15) is 20.8 Å². The number of nitrogens with zero attached hydrogens (tertiary/aromatic N) is 2.